The van der Waals surface area contributed by atoms with Gasteiger partial charge in [-0.1, -0.05) is 6.07 Å². The van der Waals surface area contributed by atoms with E-state index in [0.717, 1.165) is 34.6 Å². The molecule has 0 spiro atoms. The van der Waals surface area contributed by atoms with Gasteiger partial charge < -0.3 is 19.5 Å². The molecule has 1 fully saturated rings. The van der Waals surface area contributed by atoms with Crippen molar-refractivity contribution in [2.45, 2.75) is 25.9 Å². The molecule has 0 bridgehead atoms. The quantitative estimate of drug-likeness (QED) is 0.166. The molecule has 41 heavy (non-hydrogen) atoms. The molecule has 4 aromatic rings. The van der Waals surface area contributed by atoms with Crippen LogP contribution in [0.1, 0.15) is 34.7 Å². The first-order valence-corrected chi connectivity index (χ1v) is 14.9. The van der Waals surface area contributed by atoms with Crippen molar-refractivity contribution >= 4 is 44.4 Å². The van der Waals surface area contributed by atoms with Crippen LogP contribution >= 0.6 is 12.2 Å². The lowest BCUT2D eigenvalue weighted by molar-refractivity contribution is -0.384. The highest BCUT2D eigenvalue weighted by molar-refractivity contribution is 7.92. The molecule has 0 aliphatic carbocycles. The second kappa shape index (κ2) is 10.8. The number of aryl methyl sites for hydroxylation is 1. The van der Waals surface area contributed by atoms with E-state index in [0.29, 0.717) is 22.2 Å². The predicted octanol–water partition coefficient (Wildman–Crippen LogP) is 4.95. The Morgan fingerprint density at radius 1 is 1.10 bits per heavy atom. The number of ether oxygens (including phenoxy) is 1. The molecule has 2 N–H and O–H groups in total. The van der Waals surface area contributed by atoms with Gasteiger partial charge in [-0.05, 0) is 80.2 Å². The topological polar surface area (TPSA) is 132 Å². The van der Waals surface area contributed by atoms with E-state index in [1.54, 1.807) is 36.5 Å². The number of nitro benzene ring substituents is 1. The van der Waals surface area contributed by atoms with Crippen LogP contribution in [0.4, 0.5) is 17.1 Å². The minimum Gasteiger partial charge on any atom is -0.495 e. The van der Waals surface area contributed by atoms with Gasteiger partial charge in [-0.3, -0.25) is 19.8 Å². The lowest BCUT2D eigenvalue weighted by atomic mass is 9.96. The number of benzene rings is 2. The third kappa shape index (κ3) is 5.45. The van der Waals surface area contributed by atoms with E-state index in [1.807, 2.05) is 47.6 Å². The number of non-ortho nitro benzene ring substituents is 1. The monoisotopic (exact) mass is 592 g/mol. The van der Waals surface area contributed by atoms with E-state index >= 15 is 0 Å². The van der Waals surface area contributed by atoms with Crippen LogP contribution in [0.15, 0.2) is 72.9 Å². The molecule has 1 aliphatic rings. The highest BCUT2D eigenvalue weighted by Crippen LogP contribution is 2.44. The van der Waals surface area contributed by atoms with Gasteiger partial charge in [-0.15, -0.1) is 0 Å². The molecule has 212 valence electrons. The van der Waals surface area contributed by atoms with Crippen LogP contribution < -0.4 is 19.7 Å². The van der Waals surface area contributed by atoms with E-state index in [2.05, 4.69) is 15.0 Å². The molecule has 2 atom stereocenters. The van der Waals surface area contributed by atoms with Crippen molar-refractivity contribution in [3.05, 3.63) is 106 Å². The van der Waals surface area contributed by atoms with Gasteiger partial charge in [0.2, 0.25) is 10.0 Å². The predicted molar refractivity (Wildman–Crippen MR) is 161 cm³/mol. The Morgan fingerprint density at radius 3 is 2.44 bits per heavy atom. The summed E-state index contributed by atoms with van der Waals surface area (Å²) in [6.45, 7) is 3.88. The molecule has 2 aromatic heterocycles. The number of sulfonamides is 1. The van der Waals surface area contributed by atoms with Crippen LogP contribution in [0.2, 0.25) is 0 Å². The van der Waals surface area contributed by atoms with Crippen molar-refractivity contribution in [1.82, 2.24) is 14.9 Å². The molecule has 11 nitrogen and oxygen atoms in total. The molecule has 5 rings (SSSR count). The average molecular weight is 593 g/mol. The van der Waals surface area contributed by atoms with Crippen molar-refractivity contribution in [3.63, 3.8) is 0 Å². The number of nitrogens with one attached hydrogen (secondary N) is 2. The number of anilines is 2. The third-order valence-electron chi connectivity index (χ3n) is 6.95. The SMILES string of the molecule is COc1ccc([N+](=O)[O-])cc1-n1c(C)cc(C2C(c3ccccn3)NC(=S)N2c2ccc(NS(C)(=O)=O)cc2)c1C. The summed E-state index contributed by atoms with van der Waals surface area (Å²) in [5, 5.41) is 15.5. The standard InChI is InChI=1S/C28H28N6O5S2/c1-17-15-22(18(2)32(17)24-16-21(34(35)36)12-13-25(24)39-3)27-26(23-7-5-6-14-29-23)30-28(40)33(27)20-10-8-19(9-11-20)31-41(4,37)38/h5-16,26-27,31H,1-4H3,(H,30,40). The average Bonchev–Trinajstić information content (AvgIpc) is 3.43. The zero-order valence-corrected chi connectivity index (χ0v) is 24.4. The summed E-state index contributed by atoms with van der Waals surface area (Å²) in [5.74, 6) is 0.496. The van der Waals surface area contributed by atoms with E-state index in [1.165, 1.54) is 19.2 Å². The molecular formula is C28H28N6O5S2. The van der Waals surface area contributed by atoms with Gasteiger partial charge in [0, 0.05) is 41.1 Å². The summed E-state index contributed by atoms with van der Waals surface area (Å²) in [4.78, 5) is 17.7. The van der Waals surface area contributed by atoms with Gasteiger partial charge in [0.25, 0.3) is 5.69 Å². The van der Waals surface area contributed by atoms with Crippen molar-refractivity contribution in [3.8, 4) is 11.4 Å². The number of aromatic nitrogens is 2. The summed E-state index contributed by atoms with van der Waals surface area (Å²) >= 11 is 5.83. The fourth-order valence-electron chi connectivity index (χ4n) is 5.28. The van der Waals surface area contributed by atoms with Crippen LogP contribution in [0.5, 0.6) is 5.75 Å². The summed E-state index contributed by atoms with van der Waals surface area (Å²) < 4.78 is 33.4. The Hall–Kier alpha value is -4.49. The van der Waals surface area contributed by atoms with E-state index < -0.39 is 14.9 Å². The largest absolute Gasteiger partial charge is 0.495 e. The fraction of sp³-hybridized carbons (Fsp3) is 0.214. The molecule has 1 saturated heterocycles. The lowest BCUT2D eigenvalue weighted by Crippen LogP contribution is -2.29. The smallest absolute Gasteiger partial charge is 0.271 e. The number of hydrogen-bond acceptors (Lipinski definition) is 7. The number of nitro groups is 1. The molecular weight excluding hydrogens is 564 g/mol. The Bertz CT molecular complexity index is 1740. The molecule has 0 saturated carbocycles. The minimum atomic E-state index is -3.43. The van der Waals surface area contributed by atoms with Crippen LogP contribution in [0.25, 0.3) is 5.69 Å². The van der Waals surface area contributed by atoms with Gasteiger partial charge in [0.15, 0.2) is 5.11 Å². The van der Waals surface area contributed by atoms with Crippen LogP contribution in [0.3, 0.4) is 0 Å². The second-order valence-corrected chi connectivity index (χ2v) is 11.8. The third-order valence-corrected chi connectivity index (χ3v) is 7.87. The molecule has 2 aromatic carbocycles. The highest BCUT2D eigenvalue weighted by atomic mass is 32.2. The molecule has 0 radical (unpaired) electrons. The van der Waals surface area contributed by atoms with Crippen LogP contribution in [-0.4, -0.2) is 41.4 Å². The zero-order chi connectivity index (χ0) is 29.5. The van der Waals surface area contributed by atoms with Crippen molar-refractivity contribution in [2.24, 2.45) is 0 Å². The van der Waals surface area contributed by atoms with Gasteiger partial charge in [0.1, 0.15) is 5.75 Å². The number of rotatable bonds is 8. The van der Waals surface area contributed by atoms with Gasteiger partial charge >= 0.3 is 0 Å². The minimum absolute atomic E-state index is 0.0469. The molecule has 2 unspecified atom stereocenters. The van der Waals surface area contributed by atoms with Gasteiger partial charge in [-0.25, -0.2) is 8.42 Å². The number of pyridine rings is 1. The summed E-state index contributed by atoms with van der Waals surface area (Å²) in [7, 11) is -1.90. The van der Waals surface area contributed by atoms with Crippen molar-refractivity contribution < 1.29 is 18.1 Å². The molecule has 1 aliphatic heterocycles. The number of hydrogen-bond donors (Lipinski definition) is 2. The van der Waals surface area contributed by atoms with E-state index in [-0.39, 0.29) is 17.8 Å². The Morgan fingerprint density at radius 2 is 1.83 bits per heavy atom. The van der Waals surface area contributed by atoms with Crippen molar-refractivity contribution in [2.75, 3.05) is 23.0 Å². The Balaban J connectivity index is 1.66. The van der Waals surface area contributed by atoms with Crippen LogP contribution in [-0.2, 0) is 10.0 Å². The molecule has 13 heteroatoms. The molecule has 0 amide bonds. The zero-order valence-electron chi connectivity index (χ0n) is 22.7. The lowest BCUT2D eigenvalue weighted by Gasteiger charge is -2.28. The van der Waals surface area contributed by atoms with Crippen molar-refractivity contribution in [1.29, 1.82) is 0 Å². The Labute approximate surface area is 243 Å². The number of nitrogens with zero attached hydrogens (tertiary/aromatic N) is 4. The van der Waals surface area contributed by atoms with Gasteiger partial charge in [0.05, 0.1) is 41.8 Å². The first kappa shape index (κ1) is 28.1. The maximum atomic E-state index is 11.7. The summed E-state index contributed by atoms with van der Waals surface area (Å²) in [6, 6.07) is 18.5. The fourth-order valence-corrected chi connectivity index (χ4v) is 6.19. The number of thiocarbonyl (C=S) groups is 1. The summed E-state index contributed by atoms with van der Waals surface area (Å²) in [5.41, 5.74) is 5.10. The maximum Gasteiger partial charge on any atom is 0.271 e. The molecule has 3 heterocycles. The van der Waals surface area contributed by atoms with Crippen LogP contribution in [0, 0.1) is 24.0 Å². The van der Waals surface area contributed by atoms with E-state index in [4.69, 9.17) is 17.0 Å². The normalized spacial score (nSPS) is 16.9. The summed E-state index contributed by atoms with van der Waals surface area (Å²) in [6.07, 6.45) is 2.82. The first-order valence-electron chi connectivity index (χ1n) is 12.6. The Kier molecular flexibility index (Phi) is 7.41. The second-order valence-electron chi connectivity index (χ2n) is 9.69. The van der Waals surface area contributed by atoms with E-state index in [9.17, 15) is 18.5 Å². The number of methoxy groups -OCH3 is 1. The highest BCUT2D eigenvalue weighted by Gasteiger charge is 2.42. The first-order chi connectivity index (χ1) is 19.5. The van der Waals surface area contributed by atoms with Gasteiger partial charge in [-0.2, -0.15) is 0 Å². The maximum absolute atomic E-state index is 11.7.